The first-order chi connectivity index (χ1) is 9.49. The van der Waals surface area contributed by atoms with Gasteiger partial charge in [-0.3, -0.25) is 29.0 Å². The predicted molar refractivity (Wildman–Crippen MR) is 77.3 cm³/mol. The number of likely N-dealkylation sites (tertiary alicyclic amines) is 2. The second-order valence-electron chi connectivity index (χ2n) is 4.62. The average Bonchev–Trinajstić information content (AvgIpc) is 2.86. The van der Waals surface area contributed by atoms with Crippen LogP contribution in [0.4, 0.5) is 0 Å². The van der Waals surface area contributed by atoms with Crippen LogP contribution in [0, 0.1) is 0 Å². The topological polar surface area (TPSA) is 74.8 Å². The molecule has 2 fully saturated rings. The Morgan fingerprint density at radius 2 is 1.20 bits per heavy atom. The molecule has 2 saturated heterocycles. The lowest BCUT2D eigenvalue weighted by atomic mass is 10.4. The number of rotatable bonds is 5. The van der Waals surface area contributed by atoms with Crippen molar-refractivity contribution in [2.24, 2.45) is 0 Å². The first kappa shape index (κ1) is 15.4. The van der Waals surface area contributed by atoms with Crippen LogP contribution in [-0.4, -0.2) is 69.5 Å². The van der Waals surface area contributed by atoms with Crippen LogP contribution in [0.25, 0.3) is 0 Å². The molecular weight excluding hydrogens is 300 g/mol. The van der Waals surface area contributed by atoms with Gasteiger partial charge in [-0.2, -0.15) is 23.5 Å². The van der Waals surface area contributed by atoms with E-state index in [4.69, 9.17) is 0 Å². The molecular formula is C12H16N2O4S2. The Kier molecular flexibility index (Phi) is 4.74. The monoisotopic (exact) mass is 316 g/mol. The minimum Gasteiger partial charge on any atom is -0.280 e. The van der Waals surface area contributed by atoms with E-state index in [1.165, 1.54) is 23.5 Å². The van der Waals surface area contributed by atoms with Crippen LogP contribution in [0.15, 0.2) is 0 Å². The van der Waals surface area contributed by atoms with E-state index in [0.717, 1.165) is 9.80 Å². The molecule has 0 bridgehead atoms. The van der Waals surface area contributed by atoms with Crippen molar-refractivity contribution >= 4 is 47.2 Å². The normalized spacial score (nSPS) is 27.1. The van der Waals surface area contributed by atoms with Crippen molar-refractivity contribution in [2.45, 2.75) is 23.3 Å². The molecule has 0 aliphatic carbocycles. The summed E-state index contributed by atoms with van der Waals surface area (Å²) in [6, 6.07) is 0. The summed E-state index contributed by atoms with van der Waals surface area (Å²) >= 11 is 2.70. The molecule has 2 rings (SSSR count). The highest BCUT2D eigenvalue weighted by Crippen LogP contribution is 2.25. The maximum Gasteiger partial charge on any atom is 0.242 e. The molecule has 20 heavy (non-hydrogen) atoms. The van der Waals surface area contributed by atoms with Gasteiger partial charge in [0.15, 0.2) is 0 Å². The third-order valence-electron chi connectivity index (χ3n) is 3.52. The SMILES string of the molecule is CSC1CC(=O)N(CCN2C(=O)CC(SC)C2=O)C1=O. The molecule has 8 heteroatoms. The molecule has 4 amide bonds. The van der Waals surface area contributed by atoms with Crippen molar-refractivity contribution < 1.29 is 19.2 Å². The van der Waals surface area contributed by atoms with Crippen molar-refractivity contribution in [3.8, 4) is 0 Å². The van der Waals surface area contributed by atoms with Crippen LogP contribution in [-0.2, 0) is 19.2 Å². The smallest absolute Gasteiger partial charge is 0.242 e. The highest BCUT2D eigenvalue weighted by molar-refractivity contribution is 8.00. The van der Waals surface area contributed by atoms with E-state index in [9.17, 15) is 19.2 Å². The zero-order chi connectivity index (χ0) is 14.9. The molecule has 110 valence electrons. The first-order valence-electron chi connectivity index (χ1n) is 6.23. The second kappa shape index (κ2) is 6.17. The van der Waals surface area contributed by atoms with E-state index in [-0.39, 0.29) is 60.1 Å². The van der Waals surface area contributed by atoms with Gasteiger partial charge in [-0.15, -0.1) is 0 Å². The Morgan fingerprint density at radius 3 is 1.45 bits per heavy atom. The molecule has 0 N–H and O–H groups in total. The van der Waals surface area contributed by atoms with Crippen LogP contribution in [0.1, 0.15) is 12.8 Å². The van der Waals surface area contributed by atoms with Gasteiger partial charge in [0.1, 0.15) is 0 Å². The number of nitrogens with zero attached hydrogens (tertiary/aromatic N) is 2. The Hall–Kier alpha value is -1.02. The number of hydrogen-bond donors (Lipinski definition) is 0. The summed E-state index contributed by atoms with van der Waals surface area (Å²) < 4.78 is 0. The van der Waals surface area contributed by atoms with Gasteiger partial charge < -0.3 is 0 Å². The summed E-state index contributed by atoms with van der Waals surface area (Å²) in [4.78, 5) is 49.7. The minimum absolute atomic E-state index is 0.104. The van der Waals surface area contributed by atoms with Crippen LogP contribution in [0.3, 0.4) is 0 Å². The van der Waals surface area contributed by atoms with Gasteiger partial charge in [0, 0.05) is 25.9 Å². The summed E-state index contributed by atoms with van der Waals surface area (Å²) in [5.41, 5.74) is 0. The Balaban J connectivity index is 1.96. The van der Waals surface area contributed by atoms with Crippen molar-refractivity contribution in [1.29, 1.82) is 0 Å². The number of carbonyl (C=O) groups excluding carboxylic acids is 4. The van der Waals surface area contributed by atoms with Gasteiger partial charge in [0.05, 0.1) is 10.5 Å². The molecule has 6 nitrogen and oxygen atoms in total. The summed E-state index contributed by atoms with van der Waals surface area (Å²) in [5, 5.41) is -0.655. The summed E-state index contributed by atoms with van der Waals surface area (Å²) in [7, 11) is 0. The lowest BCUT2D eigenvalue weighted by Gasteiger charge is -2.19. The molecule has 2 aliphatic heterocycles. The highest BCUT2D eigenvalue weighted by atomic mass is 32.2. The highest BCUT2D eigenvalue weighted by Gasteiger charge is 2.41. The summed E-state index contributed by atoms with van der Waals surface area (Å²) in [5.74, 6) is -0.893. The largest absolute Gasteiger partial charge is 0.280 e. The van der Waals surface area contributed by atoms with Crippen molar-refractivity contribution in [1.82, 2.24) is 9.80 Å². The van der Waals surface area contributed by atoms with E-state index in [0.29, 0.717) is 0 Å². The van der Waals surface area contributed by atoms with E-state index < -0.39 is 0 Å². The fraction of sp³-hybridized carbons (Fsp3) is 0.667. The Labute approximate surface area is 125 Å². The third kappa shape index (κ3) is 2.71. The van der Waals surface area contributed by atoms with Crippen molar-refractivity contribution in [2.75, 3.05) is 25.6 Å². The fourth-order valence-corrected chi connectivity index (χ4v) is 3.62. The standard InChI is InChI=1S/C12H16N2O4S2/c1-19-7-5-9(15)13(11(7)17)3-4-14-10(16)6-8(20-2)12(14)18/h7-8H,3-6H2,1-2H3. The number of imide groups is 2. The van der Waals surface area contributed by atoms with Gasteiger partial charge in [-0.1, -0.05) is 0 Å². The van der Waals surface area contributed by atoms with E-state index in [1.54, 1.807) is 12.5 Å². The maximum absolute atomic E-state index is 11.9. The minimum atomic E-state index is -0.327. The van der Waals surface area contributed by atoms with Gasteiger partial charge in [0.2, 0.25) is 23.6 Å². The fourth-order valence-electron chi connectivity index (χ4n) is 2.34. The van der Waals surface area contributed by atoms with Gasteiger partial charge in [-0.05, 0) is 12.5 Å². The summed E-state index contributed by atoms with van der Waals surface area (Å²) in [6.07, 6.45) is 3.98. The van der Waals surface area contributed by atoms with Gasteiger partial charge in [-0.25, -0.2) is 0 Å². The van der Waals surface area contributed by atoms with Crippen LogP contribution >= 0.6 is 23.5 Å². The molecule has 2 unspecified atom stereocenters. The summed E-state index contributed by atoms with van der Waals surface area (Å²) in [6.45, 7) is 0.209. The van der Waals surface area contributed by atoms with Crippen molar-refractivity contribution in [3.63, 3.8) is 0 Å². The van der Waals surface area contributed by atoms with E-state index in [1.807, 2.05) is 0 Å². The molecule has 2 atom stereocenters. The number of hydrogen-bond acceptors (Lipinski definition) is 6. The van der Waals surface area contributed by atoms with Gasteiger partial charge in [0.25, 0.3) is 0 Å². The number of amides is 4. The zero-order valence-electron chi connectivity index (χ0n) is 11.3. The lowest BCUT2D eigenvalue weighted by molar-refractivity contribution is -0.143. The van der Waals surface area contributed by atoms with Gasteiger partial charge >= 0.3 is 0 Å². The van der Waals surface area contributed by atoms with Crippen LogP contribution in [0.5, 0.6) is 0 Å². The molecule has 0 saturated carbocycles. The molecule has 2 aliphatic rings. The lowest BCUT2D eigenvalue weighted by Crippen LogP contribution is -2.41. The molecule has 2 heterocycles. The Bertz CT molecular complexity index is 426. The zero-order valence-corrected chi connectivity index (χ0v) is 13.0. The van der Waals surface area contributed by atoms with E-state index in [2.05, 4.69) is 0 Å². The molecule has 0 aromatic carbocycles. The van der Waals surface area contributed by atoms with Crippen LogP contribution in [0.2, 0.25) is 0 Å². The van der Waals surface area contributed by atoms with Crippen LogP contribution < -0.4 is 0 Å². The molecule has 0 spiro atoms. The predicted octanol–water partition coefficient (Wildman–Crippen LogP) is -0.0326. The molecule has 0 aromatic heterocycles. The van der Waals surface area contributed by atoms with Crippen molar-refractivity contribution in [3.05, 3.63) is 0 Å². The molecule has 0 radical (unpaired) electrons. The van der Waals surface area contributed by atoms with E-state index >= 15 is 0 Å². The average molecular weight is 316 g/mol. The maximum atomic E-state index is 11.9. The number of thioether (sulfide) groups is 2. The quantitative estimate of drug-likeness (QED) is 0.663. The second-order valence-corrected chi connectivity index (χ2v) is 6.71. The third-order valence-corrected chi connectivity index (χ3v) is 5.40. The Morgan fingerprint density at radius 1 is 0.850 bits per heavy atom. The number of carbonyl (C=O) groups is 4. The molecule has 0 aromatic rings. The first-order valence-corrected chi connectivity index (χ1v) is 8.81.